The lowest BCUT2D eigenvalue weighted by Gasteiger charge is -2.02. The van der Waals surface area contributed by atoms with Crippen molar-refractivity contribution < 1.29 is 9.90 Å². The van der Waals surface area contributed by atoms with E-state index in [1.165, 1.54) is 0 Å². The molecular formula is C9H13NO2. The normalized spacial score (nSPS) is 10.2. The number of aryl methyl sites for hydroxylation is 2. The van der Waals surface area contributed by atoms with Crippen LogP contribution in [0.1, 0.15) is 18.2 Å². The van der Waals surface area contributed by atoms with Crippen molar-refractivity contribution in [1.29, 1.82) is 0 Å². The first-order chi connectivity index (χ1) is 5.65. The van der Waals surface area contributed by atoms with E-state index in [2.05, 4.69) is 0 Å². The highest BCUT2D eigenvalue weighted by Gasteiger charge is 2.08. The Labute approximate surface area is 71.6 Å². The molecule has 0 aromatic carbocycles. The molecule has 1 aromatic rings. The molecule has 3 heteroatoms. The molecule has 0 atom stereocenters. The Morgan fingerprint density at radius 3 is 2.83 bits per heavy atom. The van der Waals surface area contributed by atoms with Crippen molar-refractivity contribution in [3.8, 4) is 0 Å². The van der Waals surface area contributed by atoms with Crippen LogP contribution in [0.25, 0.3) is 0 Å². The maximum atomic E-state index is 10.5. The van der Waals surface area contributed by atoms with E-state index in [-0.39, 0.29) is 6.42 Å². The van der Waals surface area contributed by atoms with Crippen molar-refractivity contribution in [3.05, 3.63) is 23.5 Å². The molecule has 0 amide bonds. The monoisotopic (exact) mass is 167 g/mol. The summed E-state index contributed by atoms with van der Waals surface area (Å²) in [7, 11) is 1.87. The number of rotatable bonds is 3. The highest BCUT2D eigenvalue weighted by Crippen LogP contribution is 2.11. The number of aliphatic carboxylic acids is 1. The zero-order valence-electron chi connectivity index (χ0n) is 7.37. The van der Waals surface area contributed by atoms with Gasteiger partial charge in [-0.3, -0.25) is 4.79 Å². The number of carbonyl (C=O) groups is 1. The van der Waals surface area contributed by atoms with Crippen LogP contribution in [0.5, 0.6) is 0 Å². The van der Waals surface area contributed by atoms with Crippen LogP contribution >= 0.6 is 0 Å². The average molecular weight is 167 g/mol. The van der Waals surface area contributed by atoms with Gasteiger partial charge in [0.05, 0.1) is 6.42 Å². The van der Waals surface area contributed by atoms with Crippen LogP contribution in [0.2, 0.25) is 0 Å². The molecule has 0 bridgehead atoms. The molecule has 1 aromatic heterocycles. The third kappa shape index (κ3) is 1.67. The predicted molar refractivity (Wildman–Crippen MR) is 46.1 cm³/mol. The van der Waals surface area contributed by atoms with Gasteiger partial charge >= 0.3 is 5.97 Å². The fourth-order valence-corrected chi connectivity index (χ4v) is 1.32. The fraction of sp³-hybridized carbons (Fsp3) is 0.444. The summed E-state index contributed by atoms with van der Waals surface area (Å²) in [4.78, 5) is 10.5. The van der Waals surface area contributed by atoms with Gasteiger partial charge in [-0.25, -0.2) is 0 Å². The van der Waals surface area contributed by atoms with Gasteiger partial charge in [0.2, 0.25) is 0 Å². The third-order valence-corrected chi connectivity index (χ3v) is 2.00. The summed E-state index contributed by atoms with van der Waals surface area (Å²) in [6, 6.07) is 1.97. The minimum absolute atomic E-state index is 0.118. The molecule has 12 heavy (non-hydrogen) atoms. The molecule has 0 saturated heterocycles. The Balaban J connectivity index is 2.94. The Bertz CT molecular complexity index is 289. The lowest BCUT2D eigenvalue weighted by atomic mass is 10.1. The van der Waals surface area contributed by atoms with Crippen LogP contribution in [0.3, 0.4) is 0 Å². The number of hydrogen-bond acceptors (Lipinski definition) is 1. The Kier molecular flexibility index (Phi) is 2.53. The summed E-state index contributed by atoms with van der Waals surface area (Å²) < 4.78 is 1.87. The van der Waals surface area contributed by atoms with Gasteiger partial charge in [0, 0.05) is 18.9 Å². The highest BCUT2D eigenvalue weighted by molar-refractivity contribution is 5.70. The second-order valence-corrected chi connectivity index (χ2v) is 2.82. The summed E-state index contributed by atoms with van der Waals surface area (Å²) >= 11 is 0. The van der Waals surface area contributed by atoms with Crippen molar-refractivity contribution >= 4 is 5.97 Å². The van der Waals surface area contributed by atoms with E-state index in [1.807, 2.05) is 30.8 Å². The molecule has 0 unspecified atom stereocenters. The number of carboxylic acids is 1. The molecule has 0 radical (unpaired) electrons. The summed E-state index contributed by atoms with van der Waals surface area (Å²) in [5.41, 5.74) is 2.03. The fourth-order valence-electron chi connectivity index (χ4n) is 1.32. The maximum Gasteiger partial charge on any atom is 0.309 e. The van der Waals surface area contributed by atoms with Crippen LogP contribution in [0.15, 0.2) is 12.3 Å². The van der Waals surface area contributed by atoms with Crippen molar-refractivity contribution in [2.24, 2.45) is 7.05 Å². The summed E-state index contributed by atoms with van der Waals surface area (Å²) in [5, 5.41) is 8.62. The van der Waals surface area contributed by atoms with Gasteiger partial charge in [-0.2, -0.15) is 0 Å². The molecule has 1 rings (SSSR count). The number of aromatic nitrogens is 1. The zero-order valence-corrected chi connectivity index (χ0v) is 7.37. The van der Waals surface area contributed by atoms with Gasteiger partial charge in [0.15, 0.2) is 0 Å². The standard InChI is InChI=1S/C9H13NO2/c1-3-7-4-5-10(2)8(7)6-9(11)12/h4-5H,3,6H2,1-2H3,(H,11,12). The first-order valence-electron chi connectivity index (χ1n) is 4.00. The van der Waals surface area contributed by atoms with E-state index in [0.29, 0.717) is 0 Å². The summed E-state index contributed by atoms with van der Waals surface area (Å²) in [5.74, 6) is -0.772. The molecule has 0 fully saturated rings. The van der Waals surface area contributed by atoms with Crippen molar-refractivity contribution in [3.63, 3.8) is 0 Å². The molecule has 66 valence electrons. The second kappa shape index (κ2) is 3.43. The van der Waals surface area contributed by atoms with Crippen LogP contribution < -0.4 is 0 Å². The second-order valence-electron chi connectivity index (χ2n) is 2.82. The molecule has 0 aliphatic carbocycles. The molecule has 0 aliphatic heterocycles. The first-order valence-corrected chi connectivity index (χ1v) is 4.00. The number of nitrogens with zero attached hydrogens (tertiary/aromatic N) is 1. The topological polar surface area (TPSA) is 42.2 Å². The van der Waals surface area contributed by atoms with Crippen LogP contribution in [0, 0.1) is 0 Å². The smallest absolute Gasteiger partial charge is 0.309 e. The highest BCUT2D eigenvalue weighted by atomic mass is 16.4. The van der Waals surface area contributed by atoms with E-state index >= 15 is 0 Å². The van der Waals surface area contributed by atoms with Crippen LogP contribution in [0.4, 0.5) is 0 Å². The van der Waals surface area contributed by atoms with Crippen molar-refractivity contribution in [2.75, 3.05) is 0 Å². The van der Waals surface area contributed by atoms with E-state index in [9.17, 15) is 4.79 Å². The maximum absolute atomic E-state index is 10.5. The van der Waals surface area contributed by atoms with Crippen molar-refractivity contribution in [2.45, 2.75) is 19.8 Å². The van der Waals surface area contributed by atoms with Crippen LogP contribution in [-0.2, 0) is 24.7 Å². The summed E-state index contributed by atoms with van der Waals surface area (Å²) in [6.07, 6.45) is 2.91. The first kappa shape index (κ1) is 8.84. The Morgan fingerprint density at radius 2 is 2.33 bits per heavy atom. The van der Waals surface area contributed by atoms with Gasteiger partial charge in [0.1, 0.15) is 0 Å². The van der Waals surface area contributed by atoms with E-state index in [1.54, 1.807) is 0 Å². The number of carboxylic acid groups (broad SMARTS) is 1. The molecule has 3 nitrogen and oxygen atoms in total. The molecular weight excluding hydrogens is 154 g/mol. The molecule has 0 spiro atoms. The van der Waals surface area contributed by atoms with Gasteiger partial charge in [-0.05, 0) is 18.1 Å². The van der Waals surface area contributed by atoms with E-state index in [4.69, 9.17) is 5.11 Å². The lowest BCUT2D eigenvalue weighted by Crippen LogP contribution is -2.06. The SMILES string of the molecule is CCc1ccn(C)c1CC(=O)O. The minimum atomic E-state index is -0.772. The quantitative estimate of drug-likeness (QED) is 0.735. The van der Waals surface area contributed by atoms with Gasteiger partial charge in [0.25, 0.3) is 0 Å². The van der Waals surface area contributed by atoms with Crippen LogP contribution in [-0.4, -0.2) is 15.6 Å². The zero-order chi connectivity index (χ0) is 9.14. The largest absolute Gasteiger partial charge is 0.481 e. The summed E-state index contributed by atoms with van der Waals surface area (Å²) in [6.45, 7) is 2.03. The minimum Gasteiger partial charge on any atom is -0.481 e. The van der Waals surface area contributed by atoms with E-state index in [0.717, 1.165) is 17.7 Å². The molecule has 0 saturated carbocycles. The molecule has 1 N–H and O–H groups in total. The Hall–Kier alpha value is -1.25. The van der Waals surface area contributed by atoms with Gasteiger partial charge in [-0.15, -0.1) is 0 Å². The third-order valence-electron chi connectivity index (χ3n) is 2.00. The lowest BCUT2D eigenvalue weighted by molar-refractivity contribution is -0.136. The van der Waals surface area contributed by atoms with E-state index < -0.39 is 5.97 Å². The van der Waals surface area contributed by atoms with Gasteiger partial charge in [-0.1, -0.05) is 6.92 Å². The Morgan fingerprint density at radius 1 is 1.67 bits per heavy atom. The number of hydrogen-bond donors (Lipinski definition) is 1. The van der Waals surface area contributed by atoms with Crippen molar-refractivity contribution in [1.82, 2.24) is 4.57 Å². The predicted octanol–water partition coefficient (Wildman–Crippen LogP) is 1.21. The molecule has 1 heterocycles. The van der Waals surface area contributed by atoms with Gasteiger partial charge < -0.3 is 9.67 Å². The molecule has 0 aliphatic rings. The average Bonchev–Trinajstić information content (AvgIpc) is 2.32.